The number of carbonyl (C=O) groups is 1. The number of aryl methyl sites for hydroxylation is 1. The molecule has 1 amide bonds. The third kappa shape index (κ3) is 2.18. The van der Waals surface area contributed by atoms with E-state index in [-0.39, 0.29) is 22.7 Å². The number of hydrogen-bond acceptors (Lipinski definition) is 3. The van der Waals surface area contributed by atoms with Crippen molar-refractivity contribution in [3.05, 3.63) is 40.1 Å². The lowest BCUT2D eigenvalue weighted by Crippen LogP contribution is -2.39. The van der Waals surface area contributed by atoms with Crippen LogP contribution < -0.4 is 11.2 Å². The molecule has 1 aromatic heterocycles. The maximum absolute atomic E-state index is 12.7. The van der Waals surface area contributed by atoms with Crippen LogP contribution in [0.2, 0.25) is 0 Å². The maximum Gasteiger partial charge on any atom is 0.261 e. The quantitative estimate of drug-likeness (QED) is 0.868. The van der Waals surface area contributed by atoms with Crippen molar-refractivity contribution in [1.82, 2.24) is 9.47 Å². The first-order valence-electron chi connectivity index (χ1n) is 7.27. The Morgan fingerprint density at radius 3 is 2.52 bits per heavy atom. The first-order valence-corrected chi connectivity index (χ1v) is 7.27. The zero-order chi connectivity index (χ0) is 15.0. The predicted molar refractivity (Wildman–Crippen MR) is 83.4 cm³/mol. The van der Waals surface area contributed by atoms with E-state index in [0.717, 1.165) is 24.8 Å². The lowest BCUT2D eigenvalue weighted by molar-refractivity contribution is 0.0723. The van der Waals surface area contributed by atoms with Crippen molar-refractivity contribution in [3.63, 3.8) is 0 Å². The summed E-state index contributed by atoms with van der Waals surface area (Å²) in [6.07, 6.45) is 3.11. The number of amides is 1. The number of pyridine rings is 1. The van der Waals surface area contributed by atoms with Gasteiger partial charge in [0.05, 0.1) is 5.52 Å². The number of nitrogen functional groups attached to an aromatic ring is 1. The molecule has 1 fully saturated rings. The molecule has 0 bridgehead atoms. The SMILES string of the molecule is Cn1c(N)c(C(=O)N2CCCCC2)c(=O)c2ccccc21. The van der Waals surface area contributed by atoms with Crippen LogP contribution in [-0.2, 0) is 7.05 Å². The van der Waals surface area contributed by atoms with Crippen molar-refractivity contribution in [3.8, 4) is 0 Å². The third-order valence-corrected chi connectivity index (χ3v) is 4.21. The van der Waals surface area contributed by atoms with Crippen LogP contribution in [0, 0.1) is 0 Å². The van der Waals surface area contributed by atoms with Crippen LogP contribution >= 0.6 is 0 Å². The van der Waals surface area contributed by atoms with Gasteiger partial charge in [-0.2, -0.15) is 0 Å². The average Bonchev–Trinajstić information content (AvgIpc) is 2.53. The van der Waals surface area contributed by atoms with Crippen molar-refractivity contribution < 1.29 is 4.79 Å². The van der Waals surface area contributed by atoms with Gasteiger partial charge in [0.1, 0.15) is 11.4 Å². The molecule has 5 nitrogen and oxygen atoms in total. The molecular weight excluding hydrogens is 266 g/mol. The van der Waals surface area contributed by atoms with Crippen LogP contribution in [-0.4, -0.2) is 28.5 Å². The predicted octanol–water partition coefficient (Wildman–Crippen LogP) is 1.75. The number of aromatic nitrogens is 1. The molecule has 1 aliphatic heterocycles. The highest BCUT2D eigenvalue weighted by Crippen LogP contribution is 2.19. The maximum atomic E-state index is 12.7. The van der Waals surface area contributed by atoms with Gasteiger partial charge in [0, 0.05) is 25.5 Å². The van der Waals surface area contributed by atoms with Crippen molar-refractivity contribution >= 4 is 22.6 Å². The van der Waals surface area contributed by atoms with Crippen LogP contribution in [0.3, 0.4) is 0 Å². The number of nitrogens with two attached hydrogens (primary N) is 1. The summed E-state index contributed by atoms with van der Waals surface area (Å²) in [5.41, 5.74) is 6.66. The molecule has 0 saturated carbocycles. The number of para-hydroxylation sites is 1. The lowest BCUT2D eigenvalue weighted by Gasteiger charge is -2.27. The van der Waals surface area contributed by atoms with Gasteiger partial charge in [-0.3, -0.25) is 9.59 Å². The van der Waals surface area contributed by atoms with E-state index in [1.165, 1.54) is 0 Å². The summed E-state index contributed by atoms with van der Waals surface area (Å²) in [6, 6.07) is 7.23. The summed E-state index contributed by atoms with van der Waals surface area (Å²) in [7, 11) is 1.78. The topological polar surface area (TPSA) is 68.3 Å². The second kappa shape index (κ2) is 5.24. The Balaban J connectivity index is 2.18. The van der Waals surface area contributed by atoms with Gasteiger partial charge in [-0.05, 0) is 31.4 Å². The molecule has 0 aliphatic carbocycles. The van der Waals surface area contributed by atoms with Crippen molar-refractivity contribution in [2.24, 2.45) is 7.05 Å². The zero-order valence-electron chi connectivity index (χ0n) is 12.1. The highest BCUT2D eigenvalue weighted by molar-refractivity contribution is 6.02. The molecule has 1 aliphatic rings. The molecule has 5 heteroatoms. The van der Waals surface area contributed by atoms with E-state index in [2.05, 4.69) is 0 Å². The van der Waals surface area contributed by atoms with Crippen molar-refractivity contribution in [2.75, 3.05) is 18.8 Å². The Kier molecular flexibility index (Phi) is 3.41. The number of benzene rings is 1. The average molecular weight is 285 g/mol. The lowest BCUT2D eigenvalue weighted by atomic mass is 10.1. The number of likely N-dealkylation sites (tertiary alicyclic amines) is 1. The standard InChI is InChI=1S/C16H19N3O2/c1-18-12-8-4-3-7-11(12)14(20)13(15(18)17)16(21)19-9-5-2-6-10-19/h3-4,7-8H,2,5-6,9-10,17H2,1H3. The molecule has 21 heavy (non-hydrogen) atoms. The minimum Gasteiger partial charge on any atom is -0.384 e. The molecule has 2 heterocycles. The fourth-order valence-electron chi connectivity index (χ4n) is 2.97. The molecule has 0 unspecified atom stereocenters. The summed E-state index contributed by atoms with van der Waals surface area (Å²) in [4.78, 5) is 27.1. The van der Waals surface area contributed by atoms with E-state index in [4.69, 9.17) is 5.73 Å². The second-order valence-corrected chi connectivity index (χ2v) is 5.52. The van der Waals surface area contributed by atoms with Crippen LogP contribution in [0.1, 0.15) is 29.6 Å². The van der Waals surface area contributed by atoms with Crippen molar-refractivity contribution in [2.45, 2.75) is 19.3 Å². The number of hydrogen-bond donors (Lipinski definition) is 1. The Morgan fingerprint density at radius 1 is 1.14 bits per heavy atom. The summed E-state index contributed by atoms with van der Waals surface area (Å²) in [6.45, 7) is 1.41. The molecule has 2 aromatic rings. The van der Waals surface area contributed by atoms with Gasteiger partial charge in [-0.25, -0.2) is 0 Å². The molecular formula is C16H19N3O2. The van der Waals surface area contributed by atoms with Crippen LogP contribution in [0.5, 0.6) is 0 Å². The highest BCUT2D eigenvalue weighted by Gasteiger charge is 2.25. The first kappa shape index (κ1) is 13.7. The van der Waals surface area contributed by atoms with Crippen LogP contribution in [0.25, 0.3) is 10.9 Å². The van der Waals surface area contributed by atoms with Crippen LogP contribution in [0.15, 0.2) is 29.1 Å². The molecule has 1 saturated heterocycles. The summed E-state index contributed by atoms with van der Waals surface area (Å²) in [5, 5.41) is 0.537. The molecule has 0 radical (unpaired) electrons. The van der Waals surface area contributed by atoms with Gasteiger partial charge in [0.2, 0.25) is 5.43 Å². The minimum absolute atomic E-state index is 0.109. The molecule has 2 N–H and O–H groups in total. The Labute approximate surface area is 123 Å². The van der Waals surface area contributed by atoms with Gasteiger partial charge >= 0.3 is 0 Å². The zero-order valence-corrected chi connectivity index (χ0v) is 12.1. The van der Waals surface area contributed by atoms with E-state index in [1.54, 1.807) is 28.6 Å². The Hall–Kier alpha value is -2.30. The number of anilines is 1. The monoisotopic (exact) mass is 285 g/mol. The molecule has 3 rings (SSSR count). The van der Waals surface area contributed by atoms with Crippen molar-refractivity contribution in [1.29, 1.82) is 0 Å². The van der Waals surface area contributed by atoms with E-state index < -0.39 is 0 Å². The van der Waals surface area contributed by atoms with Crippen LogP contribution in [0.4, 0.5) is 5.82 Å². The Bertz CT molecular complexity index is 758. The molecule has 0 atom stereocenters. The minimum atomic E-state index is -0.267. The second-order valence-electron chi connectivity index (χ2n) is 5.52. The summed E-state index contributed by atoms with van der Waals surface area (Å²) < 4.78 is 1.72. The summed E-state index contributed by atoms with van der Waals surface area (Å²) >= 11 is 0. The normalized spacial score (nSPS) is 15.4. The first-order chi connectivity index (χ1) is 10.1. The molecule has 110 valence electrons. The van der Waals surface area contributed by atoms with Gasteiger partial charge < -0.3 is 15.2 Å². The van der Waals surface area contributed by atoms with E-state index in [1.807, 2.05) is 12.1 Å². The smallest absolute Gasteiger partial charge is 0.261 e. The third-order valence-electron chi connectivity index (χ3n) is 4.21. The fraction of sp³-hybridized carbons (Fsp3) is 0.375. The summed E-state index contributed by atoms with van der Waals surface area (Å²) in [5.74, 6) is 0.00725. The van der Waals surface area contributed by atoms with Gasteiger partial charge in [-0.15, -0.1) is 0 Å². The number of rotatable bonds is 1. The van der Waals surface area contributed by atoms with Gasteiger partial charge in [0.25, 0.3) is 5.91 Å². The Morgan fingerprint density at radius 2 is 1.81 bits per heavy atom. The number of carbonyl (C=O) groups excluding carboxylic acids is 1. The van der Waals surface area contributed by atoms with E-state index >= 15 is 0 Å². The van der Waals surface area contributed by atoms with Gasteiger partial charge in [-0.1, -0.05) is 12.1 Å². The van der Waals surface area contributed by atoms with E-state index in [0.29, 0.717) is 18.5 Å². The molecule has 0 spiro atoms. The van der Waals surface area contributed by atoms with E-state index in [9.17, 15) is 9.59 Å². The fourth-order valence-corrected chi connectivity index (χ4v) is 2.97. The number of piperidine rings is 1. The number of fused-ring (bicyclic) bond motifs is 1. The number of nitrogens with zero attached hydrogens (tertiary/aromatic N) is 2. The van der Waals surface area contributed by atoms with Gasteiger partial charge in [0.15, 0.2) is 0 Å². The molecule has 1 aromatic carbocycles. The largest absolute Gasteiger partial charge is 0.384 e. The highest BCUT2D eigenvalue weighted by atomic mass is 16.2.